The SMILES string of the molecule is O=Cc1nc2cccc(C(=O)O)c2s1. The molecule has 0 unspecified atom stereocenters. The molecule has 0 saturated heterocycles. The molecular weight excluding hydrogens is 202 g/mol. The zero-order valence-corrected chi connectivity index (χ0v) is 7.75. The second-order valence-electron chi connectivity index (χ2n) is 2.63. The molecule has 1 heterocycles. The summed E-state index contributed by atoms with van der Waals surface area (Å²) in [6, 6.07) is 4.79. The number of carbonyl (C=O) groups is 2. The van der Waals surface area contributed by atoms with Gasteiger partial charge in [0.1, 0.15) is 0 Å². The Morgan fingerprint density at radius 3 is 2.93 bits per heavy atom. The second kappa shape index (κ2) is 3.19. The number of nitrogens with zero attached hydrogens (tertiary/aromatic N) is 1. The van der Waals surface area contributed by atoms with E-state index in [2.05, 4.69) is 4.98 Å². The molecule has 0 aliphatic rings. The minimum absolute atomic E-state index is 0.188. The second-order valence-corrected chi connectivity index (χ2v) is 3.66. The van der Waals surface area contributed by atoms with E-state index < -0.39 is 5.97 Å². The van der Waals surface area contributed by atoms with Crippen LogP contribution in [-0.2, 0) is 0 Å². The van der Waals surface area contributed by atoms with Gasteiger partial charge in [0, 0.05) is 0 Å². The quantitative estimate of drug-likeness (QED) is 0.762. The van der Waals surface area contributed by atoms with Gasteiger partial charge in [-0.1, -0.05) is 6.07 Å². The third kappa shape index (κ3) is 1.27. The number of carboxylic acid groups (broad SMARTS) is 1. The Labute approximate surface area is 82.8 Å². The molecule has 0 fully saturated rings. The van der Waals surface area contributed by atoms with Gasteiger partial charge >= 0.3 is 5.97 Å². The Bertz CT molecular complexity index is 518. The van der Waals surface area contributed by atoms with Crippen molar-refractivity contribution in [3.63, 3.8) is 0 Å². The van der Waals surface area contributed by atoms with Crippen LogP contribution in [0.4, 0.5) is 0 Å². The van der Waals surface area contributed by atoms with Gasteiger partial charge < -0.3 is 5.11 Å². The Morgan fingerprint density at radius 1 is 1.50 bits per heavy atom. The van der Waals surface area contributed by atoms with E-state index in [-0.39, 0.29) is 5.56 Å². The highest BCUT2D eigenvalue weighted by atomic mass is 32.1. The lowest BCUT2D eigenvalue weighted by atomic mass is 10.2. The zero-order valence-electron chi connectivity index (χ0n) is 6.93. The molecule has 0 spiro atoms. The first-order valence-corrected chi connectivity index (χ1v) is 4.62. The average molecular weight is 207 g/mol. The van der Waals surface area contributed by atoms with Gasteiger partial charge in [-0.15, -0.1) is 11.3 Å². The molecule has 0 aliphatic heterocycles. The van der Waals surface area contributed by atoms with E-state index in [0.29, 0.717) is 21.5 Å². The first kappa shape index (κ1) is 8.83. The number of hydrogen-bond donors (Lipinski definition) is 1. The van der Waals surface area contributed by atoms with E-state index in [9.17, 15) is 9.59 Å². The standard InChI is InChI=1S/C9H5NO3S/c11-4-7-10-6-3-1-2-5(9(12)13)8(6)14-7/h1-4H,(H,12,13). The number of aromatic carboxylic acids is 1. The van der Waals surface area contributed by atoms with Crippen molar-refractivity contribution in [1.29, 1.82) is 0 Å². The number of fused-ring (bicyclic) bond motifs is 1. The Balaban J connectivity index is 2.79. The van der Waals surface area contributed by atoms with Crippen molar-refractivity contribution in [3.8, 4) is 0 Å². The Hall–Kier alpha value is -1.75. The van der Waals surface area contributed by atoms with E-state index in [4.69, 9.17) is 5.11 Å². The fourth-order valence-corrected chi connectivity index (χ4v) is 2.07. The highest BCUT2D eigenvalue weighted by molar-refractivity contribution is 7.20. The summed E-state index contributed by atoms with van der Waals surface area (Å²) < 4.78 is 0.544. The molecule has 0 atom stereocenters. The lowest BCUT2D eigenvalue weighted by molar-refractivity contribution is 0.0699. The number of benzene rings is 1. The lowest BCUT2D eigenvalue weighted by Crippen LogP contribution is -1.95. The summed E-state index contributed by atoms with van der Waals surface area (Å²) >= 11 is 1.09. The van der Waals surface area contributed by atoms with Crippen molar-refractivity contribution in [2.45, 2.75) is 0 Å². The van der Waals surface area contributed by atoms with Crippen molar-refractivity contribution < 1.29 is 14.7 Å². The van der Waals surface area contributed by atoms with Crippen molar-refractivity contribution in [2.24, 2.45) is 0 Å². The largest absolute Gasteiger partial charge is 0.478 e. The number of aldehydes is 1. The van der Waals surface area contributed by atoms with Crippen LogP contribution in [0, 0.1) is 0 Å². The molecule has 0 saturated carbocycles. The fourth-order valence-electron chi connectivity index (χ4n) is 1.19. The van der Waals surface area contributed by atoms with Gasteiger partial charge in [-0.25, -0.2) is 9.78 Å². The van der Waals surface area contributed by atoms with Crippen LogP contribution in [0.2, 0.25) is 0 Å². The van der Waals surface area contributed by atoms with E-state index in [0.717, 1.165) is 11.3 Å². The average Bonchev–Trinajstić information content (AvgIpc) is 2.59. The number of carbonyl (C=O) groups excluding carboxylic acids is 1. The van der Waals surface area contributed by atoms with Crippen molar-refractivity contribution >= 4 is 33.8 Å². The zero-order chi connectivity index (χ0) is 10.1. The maximum Gasteiger partial charge on any atom is 0.337 e. The summed E-state index contributed by atoms with van der Waals surface area (Å²) in [5.41, 5.74) is 0.741. The Morgan fingerprint density at radius 2 is 2.29 bits per heavy atom. The molecular formula is C9H5NO3S. The molecule has 5 heteroatoms. The van der Waals surface area contributed by atoms with Gasteiger partial charge in [-0.2, -0.15) is 0 Å². The first-order chi connectivity index (χ1) is 6.72. The van der Waals surface area contributed by atoms with Crippen LogP contribution in [0.5, 0.6) is 0 Å². The normalized spacial score (nSPS) is 10.3. The number of thiazole rings is 1. The molecule has 1 N–H and O–H groups in total. The molecule has 70 valence electrons. The van der Waals surface area contributed by atoms with E-state index >= 15 is 0 Å². The Kier molecular flexibility index (Phi) is 2.01. The minimum atomic E-state index is -1.00. The van der Waals surface area contributed by atoms with Crippen molar-refractivity contribution in [2.75, 3.05) is 0 Å². The maximum atomic E-state index is 10.8. The molecule has 1 aromatic carbocycles. The molecule has 0 bridgehead atoms. The summed E-state index contributed by atoms with van der Waals surface area (Å²) in [4.78, 5) is 25.2. The van der Waals surface area contributed by atoms with Crippen LogP contribution in [-0.4, -0.2) is 22.3 Å². The van der Waals surface area contributed by atoms with E-state index in [1.807, 2.05) is 0 Å². The van der Waals surface area contributed by atoms with Crippen LogP contribution < -0.4 is 0 Å². The van der Waals surface area contributed by atoms with Gasteiger partial charge in [0.2, 0.25) is 0 Å². The van der Waals surface area contributed by atoms with Crippen LogP contribution in [0.15, 0.2) is 18.2 Å². The fraction of sp³-hybridized carbons (Fsp3) is 0. The van der Waals surface area contributed by atoms with Crippen LogP contribution in [0.3, 0.4) is 0 Å². The molecule has 1 aromatic heterocycles. The summed E-state index contributed by atoms with van der Waals surface area (Å²) in [5, 5.41) is 9.16. The monoisotopic (exact) mass is 207 g/mol. The summed E-state index contributed by atoms with van der Waals surface area (Å²) in [7, 11) is 0. The van der Waals surface area contributed by atoms with Crippen LogP contribution >= 0.6 is 11.3 Å². The lowest BCUT2D eigenvalue weighted by Gasteiger charge is -1.93. The number of carboxylic acids is 1. The van der Waals surface area contributed by atoms with Gasteiger partial charge in [0.15, 0.2) is 11.3 Å². The van der Waals surface area contributed by atoms with Gasteiger partial charge in [-0.3, -0.25) is 4.79 Å². The number of aromatic nitrogens is 1. The predicted molar refractivity (Wildman–Crippen MR) is 52.0 cm³/mol. The number of rotatable bonds is 2. The molecule has 2 aromatic rings. The highest BCUT2D eigenvalue weighted by Gasteiger charge is 2.11. The van der Waals surface area contributed by atoms with E-state index in [1.54, 1.807) is 12.1 Å². The third-order valence-electron chi connectivity index (χ3n) is 1.76. The highest BCUT2D eigenvalue weighted by Crippen LogP contribution is 2.24. The third-order valence-corrected chi connectivity index (χ3v) is 2.79. The molecule has 2 rings (SSSR count). The smallest absolute Gasteiger partial charge is 0.337 e. The molecule has 0 amide bonds. The van der Waals surface area contributed by atoms with Crippen LogP contribution in [0.25, 0.3) is 10.2 Å². The first-order valence-electron chi connectivity index (χ1n) is 3.80. The van der Waals surface area contributed by atoms with Gasteiger partial charge in [-0.05, 0) is 12.1 Å². The van der Waals surface area contributed by atoms with Gasteiger partial charge in [0.05, 0.1) is 15.8 Å². The maximum absolute atomic E-state index is 10.8. The van der Waals surface area contributed by atoms with E-state index in [1.165, 1.54) is 6.07 Å². The van der Waals surface area contributed by atoms with Crippen molar-refractivity contribution in [1.82, 2.24) is 4.98 Å². The summed E-state index contributed by atoms with van der Waals surface area (Å²) in [6.07, 6.45) is 0.621. The number of hydrogen-bond acceptors (Lipinski definition) is 4. The minimum Gasteiger partial charge on any atom is -0.478 e. The van der Waals surface area contributed by atoms with Gasteiger partial charge in [0.25, 0.3) is 0 Å². The molecule has 0 radical (unpaired) electrons. The van der Waals surface area contributed by atoms with Crippen LogP contribution in [0.1, 0.15) is 20.2 Å². The predicted octanol–water partition coefficient (Wildman–Crippen LogP) is 1.81. The topological polar surface area (TPSA) is 67.3 Å². The summed E-state index contributed by atoms with van der Waals surface area (Å²) in [5.74, 6) is -1.00. The summed E-state index contributed by atoms with van der Waals surface area (Å²) in [6.45, 7) is 0. The molecule has 4 nitrogen and oxygen atoms in total. The molecule has 14 heavy (non-hydrogen) atoms. The molecule has 0 aliphatic carbocycles. The van der Waals surface area contributed by atoms with Crippen molar-refractivity contribution in [3.05, 3.63) is 28.8 Å².